The Morgan fingerprint density at radius 2 is 2.09 bits per heavy atom. The van der Waals surface area contributed by atoms with E-state index in [1.54, 1.807) is 19.1 Å². The van der Waals surface area contributed by atoms with Crippen LogP contribution >= 0.6 is 0 Å². The van der Waals surface area contributed by atoms with Crippen molar-refractivity contribution in [3.8, 4) is 11.3 Å². The van der Waals surface area contributed by atoms with E-state index in [1.165, 1.54) is 12.1 Å². The summed E-state index contributed by atoms with van der Waals surface area (Å²) in [5.41, 5.74) is 1.71. The Hall–Kier alpha value is -2.42. The molecule has 2 rings (SSSR count). The summed E-state index contributed by atoms with van der Waals surface area (Å²) in [6.07, 6.45) is -4.39. The molecule has 0 amide bonds. The van der Waals surface area contributed by atoms with Gasteiger partial charge in [0.1, 0.15) is 6.61 Å². The van der Waals surface area contributed by atoms with E-state index in [0.717, 1.165) is 0 Å². The van der Waals surface area contributed by atoms with Crippen LogP contribution in [0.5, 0.6) is 0 Å². The first-order valence-corrected chi connectivity index (χ1v) is 6.20. The zero-order chi connectivity index (χ0) is 16.3. The number of halogens is 3. The second-order valence-electron chi connectivity index (χ2n) is 4.64. The van der Waals surface area contributed by atoms with Crippen LogP contribution in [0, 0.1) is 17.0 Å². The van der Waals surface area contributed by atoms with E-state index in [-0.39, 0.29) is 12.3 Å². The van der Waals surface area contributed by atoms with Crippen LogP contribution in [0.4, 0.5) is 18.9 Å². The minimum atomic E-state index is -4.39. The van der Waals surface area contributed by atoms with Crippen molar-refractivity contribution >= 4 is 5.69 Å². The molecular formula is C13H12F3N3O3. The van der Waals surface area contributed by atoms with E-state index in [0.29, 0.717) is 22.5 Å². The quantitative estimate of drug-likeness (QED) is 0.677. The number of aryl methyl sites for hydroxylation is 1. The van der Waals surface area contributed by atoms with E-state index in [4.69, 9.17) is 0 Å². The fourth-order valence-corrected chi connectivity index (χ4v) is 1.83. The molecule has 0 aliphatic heterocycles. The minimum Gasteiger partial charge on any atom is -0.366 e. The molecule has 2 aromatic rings. The number of nitrogens with one attached hydrogen (secondary N) is 1. The monoisotopic (exact) mass is 315 g/mol. The van der Waals surface area contributed by atoms with Gasteiger partial charge in [-0.1, -0.05) is 12.1 Å². The van der Waals surface area contributed by atoms with E-state index < -0.39 is 17.7 Å². The first kappa shape index (κ1) is 16.0. The molecule has 0 unspecified atom stereocenters. The normalized spacial score (nSPS) is 11.6. The van der Waals surface area contributed by atoms with Gasteiger partial charge in [0, 0.05) is 17.2 Å². The van der Waals surface area contributed by atoms with Gasteiger partial charge in [-0.05, 0) is 13.0 Å². The number of H-pyrrole nitrogens is 1. The van der Waals surface area contributed by atoms with E-state index in [2.05, 4.69) is 14.9 Å². The Labute approximate surface area is 123 Å². The van der Waals surface area contributed by atoms with Crippen LogP contribution in [0.1, 0.15) is 11.3 Å². The Morgan fingerprint density at radius 1 is 1.36 bits per heavy atom. The van der Waals surface area contributed by atoms with Crippen molar-refractivity contribution in [1.82, 2.24) is 10.2 Å². The van der Waals surface area contributed by atoms with Crippen LogP contribution in [0.25, 0.3) is 11.3 Å². The van der Waals surface area contributed by atoms with Gasteiger partial charge in [0.25, 0.3) is 5.69 Å². The smallest absolute Gasteiger partial charge is 0.366 e. The zero-order valence-electron chi connectivity index (χ0n) is 11.5. The van der Waals surface area contributed by atoms with Crippen molar-refractivity contribution in [3.05, 3.63) is 45.6 Å². The summed E-state index contributed by atoms with van der Waals surface area (Å²) < 4.78 is 40.4. The van der Waals surface area contributed by atoms with Gasteiger partial charge in [-0.25, -0.2) is 0 Å². The number of nitrogens with zero attached hydrogens (tertiary/aromatic N) is 2. The molecule has 0 fully saturated rings. The fraction of sp³-hybridized carbons (Fsp3) is 0.308. The molecule has 0 spiro atoms. The largest absolute Gasteiger partial charge is 0.411 e. The second-order valence-corrected chi connectivity index (χ2v) is 4.64. The number of rotatable bonds is 5. The first-order chi connectivity index (χ1) is 10.3. The van der Waals surface area contributed by atoms with Crippen LogP contribution < -0.4 is 0 Å². The van der Waals surface area contributed by atoms with E-state index in [9.17, 15) is 23.3 Å². The third-order valence-electron chi connectivity index (χ3n) is 2.86. The van der Waals surface area contributed by atoms with Gasteiger partial charge in [-0.3, -0.25) is 15.2 Å². The molecule has 0 saturated carbocycles. The van der Waals surface area contributed by atoms with Crippen LogP contribution in [-0.2, 0) is 11.3 Å². The molecule has 0 atom stereocenters. The maximum Gasteiger partial charge on any atom is 0.411 e. The molecule has 22 heavy (non-hydrogen) atoms. The lowest BCUT2D eigenvalue weighted by atomic mass is 10.1. The average molecular weight is 315 g/mol. The topological polar surface area (TPSA) is 81.0 Å². The summed E-state index contributed by atoms with van der Waals surface area (Å²) in [7, 11) is 0. The van der Waals surface area contributed by atoms with Crippen molar-refractivity contribution in [1.29, 1.82) is 0 Å². The molecule has 0 aliphatic carbocycles. The van der Waals surface area contributed by atoms with Gasteiger partial charge in [0.05, 0.1) is 22.9 Å². The molecule has 0 bridgehead atoms. The Kier molecular flexibility index (Phi) is 4.45. The molecule has 0 saturated heterocycles. The molecule has 0 aliphatic rings. The van der Waals surface area contributed by atoms with Crippen molar-refractivity contribution in [2.24, 2.45) is 0 Å². The first-order valence-electron chi connectivity index (χ1n) is 6.20. The minimum absolute atomic E-state index is 0.0460. The molecule has 0 radical (unpaired) electrons. The standard InChI is InChI=1S/C13H12F3N3O3/c1-8-2-3-9(4-12(8)19(20)21)11-5-10(17-18-11)6-22-7-13(14,15)16/h2-5H,6-7H2,1H3,(H,17,18). The number of benzene rings is 1. The van der Waals surface area contributed by atoms with Crippen molar-refractivity contribution in [2.75, 3.05) is 6.61 Å². The number of ether oxygens (including phenoxy) is 1. The molecule has 1 aromatic heterocycles. The number of aromatic amines is 1. The molecular weight excluding hydrogens is 303 g/mol. The van der Waals surface area contributed by atoms with Crippen molar-refractivity contribution < 1.29 is 22.8 Å². The number of aromatic nitrogens is 2. The van der Waals surface area contributed by atoms with Crippen molar-refractivity contribution in [3.63, 3.8) is 0 Å². The fourth-order valence-electron chi connectivity index (χ4n) is 1.83. The van der Waals surface area contributed by atoms with Gasteiger partial charge >= 0.3 is 6.18 Å². The number of hydrogen-bond acceptors (Lipinski definition) is 4. The lowest BCUT2D eigenvalue weighted by molar-refractivity contribution is -0.385. The number of nitro benzene ring substituents is 1. The predicted molar refractivity (Wildman–Crippen MR) is 71.1 cm³/mol. The highest BCUT2D eigenvalue weighted by Gasteiger charge is 2.27. The third-order valence-corrected chi connectivity index (χ3v) is 2.86. The van der Waals surface area contributed by atoms with E-state index in [1.807, 2.05) is 0 Å². The Morgan fingerprint density at radius 3 is 2.73 bits per heavy atom. The van der Waals surface area contributed by atoms with Gasteiger partial charge in [-0.15, -0.1) is 0 Å². The number of nitro groups is 1. The van der Waals surface area contributed by atoms with Crippen molar-refractivity contribution in [2.45, 2.75) is 19.7 Å². The van der Waals surface area contributed by atoms with Crippen LogP contribution in [-0.4, -0.2) is 27.9 Å². The second kappa shape index (κ2) is 6.14. The number of hydrogen-bond donors (Lipinski definition) is 1. The zero-order valence-corrected chi connectivity index (χ0v) is 11.5. The molecule has 1 heterocycles. The maximum atomic E-state index is 12.0. The molecule has 6 nitrogen and oxygen atoms in total. The van der Waals surface area contributed by atoms with E-state index >= 15 is 0 Å². The molecule has 118 valence electrons. The van der Waals surface area contributed by atoms with Gasteiger partial charge < -0.3 is 4.74 Å². The summed E-state index contributed by atoms with van der Waals surface area (Å²) in [5, 5.41) is 17.4. The van der Waals surface area contributed by atoms with Crippen LogP contribution in [0.3, 0.4) is 0 Å². The number of alkyl halides is 3. The SMILES string of the molecule is Cc1ccc(-c2cc(COCC(F)(F)F)[nH]n2)cc1[N+](=O)[O-]. The van der Waals surface area contributed by atoms with Gasteiger partial charge in [0.15, 0.2) is 0 Å². The summed E-state index contributed by atoms with van der Waals surface area (Å²) >= 11 is 0. The summed E-state index contributed by atoms with van der Waals surface area (Å²) in [4.78, 5) is 10.4. The van der Waals surface area contributed by atoms with Gasteiger partial charge in [0.2, 0.25) is 0 Å². The highest BCUT2D eigenvalue weighted by atomic mass is 19.4. The average Bonchev–Trinajstić information content (AvgIpc) is 2.86. The lowest BCUT2D eigenvalue weighted by Gasteiger charge is -2.05. The summed E-state index contributed by atoms with van der Waals surface area (Å²) in [6, 6.07) is 6.09. The Bertz CT molecular complexity index is 683. The van der Waals surface area contributed by atoms with Crippen LogP contribution in [0.15, 0.2) is 24.3 Å². The van der Waals surface area contributed by atoms with Gasteiger partial charge in [-0.2, -0.15) is 18.3 Å². The van der Waals surface area contributed by atoms with Crippen LogP contribution in [0.2, 0.25) is 0 Å². The Balaban J connectivity index is 2.11. The summed E-state index contributed by atoms with van der Waals surface area (Å²) in [6.45, 7) is -0.0132. The molecule has 1 N–H and O–H groups in total. The predicted octanol–water partition coefficient (Wildman–Crippen LogP) is 3.37. The highest BCUT2D eigenvalue weighted by Crippen LogP contribution is 2.26. The lowest BCUT2D eigenvalue weighted by Crippen LogP contribution is -2.16. The summed E-state index contributed by atoms with van der Waals surface area (Å²) in [5.74, 6) is 0. The molecule has 9 heteroatoms. The highest BCUT2D eigenvalue weighted by molar-refractivity contribution is 5.64. The maximum absolute atomic E-state index is 12.0. The molecule has 1 aromatic carbocycles. The third kappa shape index (κ3) is 4.04.